The van der Waals surface area contributed by atoms with Crippen molar-refractivity contribution in [2.45, 2.75) is 36.8 Å². The molecule has 2 fully saturated rings. The topological polar surface area (TPSA) is 206 Å². The normalized spacial score (nSPS) is 21.3. The van der Waals surface area contributed by atoms with Gasteiger partial charge >= 0.3 is 6.03 Å². The lowest BCUT2D eigenvalue weighted by Gasteiger charge is -2.44. The predicted octanol–water partition coefficient (Wildman–Crippen LogP) is 2.94. The zero-order chi connectivity index (χ0) is 33.0. The molecule has 0 aromatic carbocycles. The number of nitrogens with zero attached hydrogens (tertiary/aromatic N) is 10. The molecule has 4 N–H and O–H groups in total. The van der Waals surface area contributed by atoms with E-state index >= 15 is 0 Å². The van der Waals surface area contributed by atoms with Crippen LogP contribution in [0, 0.1) is 0 Å². The molecule has 48 heavy (non-hydrogen) atoms. The minimum absolute atomic E-state index is 0.132. The molecule has 2 amide bonds. The van der Waals surface area contributed by atoms with Gasteiger partial charge in [-0.1, -0.05) is 0 Å². The van der Waals surface area contributed by atoms with E-state index in [-0.39, 0.29) is 31.1 Å². The molecule has 0 saturated carbocycles. The number of methoxy groups -OCH3 is 2. The smallest absolute Gasteiger partial charge is 0.321 e. The van der Waals surface area contributed by atoms with E-state index in [1.165, 1.54) is 9.03 Å². The maximum atomic E-state index is 14.9. The molecule has 0 radical (unpaired) electrons. The number of furan rings is 2. The summed E-state index contributed by atoms with van der Waals surface area (Å²) in [5.41, 5.74) is 13.1. The van der Waals surface area contributed by atoms with Gasteiger partial charge in [0.15, 0.2) is 22.8 Å². The highest BCUT2D eigenvalue weighted by molar-refractivity contribution is 5.78. The van der Waals surface area contributed by atoms with Crippen LogP contribution in [0.4, 0.5) is 16.7 Å². The second kappa shape index (κ2) is 11.3. The molecule has 2 aliphatic rings. The highest BCUT2D eigenvalue weighted by Crippen LogP contribution is 2.45. The Labute approximate surface area is 273 Å². The number of nitrogens with two attached hydrogens (primary N) is 2. The van der Waals surface area contributed by atoms with Crippen molar-refractivity contribution in [3.8, 4) is 23.2 Å². The standard InChI is InChI=1S/C31H34N12O5/c1-45-17-30(21-15-23-36-25(19-7-3-13-47-19)38-42(23)27(32)34-21)9-5-11-40(30)29(44)41-12-6-10-31(41,18-46-2)22-16-24-37-26(20-8-4-14-48-20)39-43(24)28(33)35-22/h3-4,7-8,13-16H,5-6,9-12,17-18H2,1-2H3,(H2,32,34)(H2,33,35)/t30-,31-/m0/s1. The largest absolute Gasteiger partial charge is 0.461 e. The number of carbonyl (C=O) groups excluding carboxylic acids is 1. The monoisotopic (exact) mass is 654 g/mol. The Hall–Kier alpha value is -5.55. The van der Waals surface area contributed by atoms with Gasteiger partial charge in [-0.3, -0.25) is 0 Å². The fourth-order valence-electron chi connectivity index (χ4n) is 7.24. The van der Waals surface area contributed by atoms with Crippen molar-refractivity contribution >= 4 is 29.2 Å². The highest BCUT2D eigenvalue weighted by Gasteiger charge is 2.54. The van der Waals surface area contributed by atoms with Gasteiger partial charge in [0.1, 0.15) is 11.1 Å². The number of rotatable bonds is 8. The number of hydrogen-bond donors (Lipinski definition) is 2. The summed E-state index contributed by atoms with van der Waals surface area (Å²) in [6.07, 6.45) is 5.76. The third-order valence-corrected chi connectivity index (χ3v) is 9.34. The molecule has 0 unspecified atom stereocenters. The van der Waals surface area contributed by atoms with Gasteiger partial charge in [-0.2, -0.15) is 9.03 Å². The Bertz CT molecular complexity index is 1960. The molecule has 248 valence electrons. The van der Waals surface area contributed by atoms with Gasteiger partial charge in [0.2, 0.25) is 23.5 Å². The van der Waals surface area contributed by atoms with Crippen molar-refractivity contribution in [3.05, 3.63) is 60.3 Å². The number of fused-ring (bicyclic) bond motifs is 2. The molecule has 17 nitrogen and oxygen atoms in total. The van der Waals surface area contributed by atoms with Crippen molar-refractivity contribution < 1.29 is 23.1 Å². The molecule has 6 aromatic rings. The van der Waals surface area contributed by atoms with E-state index in [0.29, 0.717) is 71.8 Å². The van der Waals surface area contributed by atoms with Gasteiger partial charge in [-0.25, -0.2) is 24.7 Å². The Kier molecular flexibility index (Phi) is 7.03. The average molecular weight is 655 g/mol. The van der Waals surface area contributed by atoms with E-state index < -0.39 is 11.1 Å². The number of anilines is 2. The zero-order valence-corrected chi connectivity index (χ0v) is 26.4. The third kappa shape index (κ3) is 4.49. The minimum Gasteiger partial charge on any atom is -0.461 e. The van der Waals surface area contributed by atoms with Gasteiger partial charge < -0.3 is 39.6 Å². The van der Waals surface area contributed by atoms with E-state index in [1.54, 1.807) is 51.0 Å². The van der Waals surface area contributed by atoms with Crippen LogP contribution in [0.3, 0.4) is 0 Å². The van der Waals surface area contributed by atoms with Crippen molar-refractivity contribution in [1.82, 2.24) is 49.0 Å². The summed E-state index contributed by atoms with van der Waals surface area (Å²) in [7, 11) is 3.22. The van der Waals surface area contributed by atoms with Gasteiger partial charge in [0.05, 0.1) is 37.1 Å². The molecule has 2 saturated heterocycles. The zero-order valence-electron chi connectivity index (χ0n) is 26.4. The number of nitrogen functional groups attached to an aromatic ring is 2. The molecule has 8 heterocycles. The summed E-state index contributed by atoms with van der Waals surface area (Å²) < 4.78 is 25.5. The van der Waals surface area contributed by atoms with Crippen molar-refractivity contribution in [2.75, 3.05) is 52.0 Å². The predicted molar refractivity (Wildman–Crippen MR) is 170 cm³/mol. The van der Waals surface area contributed by atoms with Crippen molar-refractivity contribution in [2.24, 2.45) is 0 Å². The van der Waals surface area contributed by atoms with E-state index in [9.17, 15) is 4.79 Å². The minimum atomic E-state index is -0.929. The van der Waals surface area contributed by atoms with Crippen LogP contribution in [-0.2, 0) is 20.6 Å². The maximum Gasteiger partial charge on any atom is 0.321 e. The van der Waals surface area contributed by atoms with Crippen molar-refractivity contribution in [3.63, 3.8) is 0 Å². The Morgan fingerprint density at radius 2 is 1.23 bits per heavy atom. The Morgan fingerprint density at radius 1 is 0.771 bits per heavy atom. The first-order valence-corrected chi connectivity index (χ1v) is 15.6. The number of amides is 2. The molecule has 0 spiro atoms. The number of urea groups is 1. The molecule has 0 bridgehead atoms. The van der Waals surface area contributed by atoms with Crippen LogP contribution in [-0.4, -0.2) is 95.5 Å². The quantitative estimate of drug-likeness (QED) is 0.242. The first-order valence-electron chi connectivity index (χ1n) is 15.6. The second-order valence-electron chi connectivity index (χ2n) is 12.1. The van der Waals surface area contributed by atoms with Crippen molar-refractivity contribution in [1.29, 1.82) is 0 Å². The summed E-state index contributed by atoms with van der Waals surface area (Å²) in [5, 5.41) is 8.97. The number of carbonyl (C=O) groups is 1. The van der Waals surface area contributed by atoms with Gasteiger partial charge in [-0.05, 0) is 49.9 Å². The summed E-state index contributed by atoms with van der Waals surface area (Å²) in [6.45, 7) is 1.34. The number of likely N-dealkylation sites (tertiary alicyclic amines) is 2. The lowest BCUT2D eigenvalue weighted by molar-refractivity contribution is 0.00934. The van der Waals surface area contributed by atoms with Gasteiger partial charge in [0, 0.05) is 39.4 Å². The van der Waals surface area contributed by atoms with Crippen LogP contribution in [0.1, 0.15) is 37.1 Å². The molecular formula is C31H34N12O5. The summed E-state index contributed by atoms with van der Waals surface area (Å²) in [6, 6.07) is 10.5. The maximum absolute atomic E-state index is 14.9. The number of ether oxygens (including phenoxy) is 2. The molecule has 6 aromatic heterocycles. The molecule has 8 rings (SSSR count). The molecule has 2 atom stereocenters. The first-order chi connectivity index (χ1) is 23.4. The fraction of sp³-hybridized carbons (Fsp3) is 0.387. The number of hydrogen-bond acceptors (Lipinski definition) is 13. The lowest BCUT2D eigenvalue weighted by Crippen LogP contribution is -2.58. The number of aromatic nitrogens is 8. The molecular weight excluding hydrogens is 620 g/mol. The lowest BCUT2D eigenvalue weighted by atomic mass is 9.91. The van der Waals surface area contributed by atoms with Crippen LogP contribution < -0.4 is 11.5 Å². The van der Waals surface area contributed by atoms with E-state index in [2.05, 4.69) is 20.2 Å². The Balaban J connectivity index is 1.19. The Morgan fingerprint density at radius 3 is 1.62 bits per heavy atom. The molecule has 2 aliphatic heterocycles. The third-order valence-electron chi connectivity index (χ3n) is 9.34. The summed E-state index contributed by atoms with van der Waals surface area (Å²) in [5.74, 6) is 2.02. The van der Waals surface area contributed by atoms with Gasteiger partial charge in [-0.15, -0.1) is 10.2 Å². The SMILES string of the molecule is COC[C@]1(c2cc3nc(-c4ccco4)nn3c(N)n2)CCCN1C(=O)N1CCC[C@]1(COC)c1cc2nc(-c3ccco3)nn2c(N)n1. The van der Waals surface area contributed by atoms with Crippen LogP contribution in [0.15, 0.2) is 57.8 Å². The first kappa shape index (κ1) is 29.8. The molecule has 0 aliphatic carbocycles. The van der Waals surface area contributed by atoms with Crippen LogP contribution >= 0.6 is 0 Å². The van der Waals surface area contributed by atoms with E-state index in [0.717, 1.165) is 12.8 Å². The summed E-state index contributed by atoms with van der Waals surface area (Å²) >= 11 is 0. The average Bonchev–Trinajstić information content (AvgIpc) is 3.91. The van der Waals surface area contributed by atoms with Crippen LogP contribution in [0.25, 0.3) is 34.5 Å². The molecule has 17 heteroatoms. The van der Waals surface area contributed by atoms with Crippen LogP contribution in [0.5, 0.6) is 0 Å². The summed E-state index contributed by atoms with van der Waals surface area (Å²) in [4.78, 5) is 37.4. The van der Waals surface area contributed by atoms with E-state index in [1.807, 2.05) is 21.9 Å². The van der Waals surface area contributed by atoms with Crippen LogP contribution in [0.2, 0.25) is 0 Å². The fourth-order valence-corrected chi connectivity index (χ4v) is 7.24. The van der Waals surface area contributed by atoms with Gasteiger partial charge in [0.25, 0.3) is 0 Å². The second-order valence-corrected chi connectivity index (χ2v) is 12.1. The van der Waals surface area contributed by atoms with E-state index in [4.69, 9.17) is 39.7 Å². The highest BCUT2D eigenvalue weighted by atomic mass is 16.5.